The first-order chi connectivity index (χ1) is 6.93. The molecule has 4 nitrogen and oxygen atoms in total. The summed E-state index contributed by atoms with van der Waals surface area (Å²) in [5.41, 5.74) is 0.0508. The second-order valence-electron chi connectivity index (χ2n) is 2.91. The second kappa shape index (κ2) is 4.48. The summed E-state index contributed by atoms with van der Waals surface area (Å²) in [6, 6.07) is 0.754. The number of carboxylic acids is 1. The van der Waals surface area contributed by atoms with Gasteiger partial charge in [-0.3, -0.25) is 4.79 Å². The molecule has 1 aromatic carbocycles. The SMILES string of the molecule is O=C(O)CCc1c(O)c(O)cc(F)c1Br. The summed E-state index contributed by atoms with van der Waals surface area (Å²) in [7, 11) is 0. The molecule has 0 heterocycles. The Kier molecular flexibility index (Phi) is 3.52. The molecule has 0 saturated heterocycles. The summed E-state index contributed by atoms with van der Waals surface area (Å²) in [6.45, 7) is 0. The number of halogens is 2. The fourth-order valence-electron chi connectivity index (χ4n) is 1.11. The maximum atomic E-state index is 13.1. The summed E-state index contributed by atoms with van der Waals surface area (Å²) in [5.74, 6) is -2.91. The smallest absolute Gasteiger partial charge is 0.303 e. The van der Waals surface area contributed by atoms with Crippen LogP contribution in [0.1, 0.15) is 12.0 Å². The summed E-state index contributed by atoms with van der Waals surface area (Å²) in [5, 5.41) is 26.9. The average molecular weight is 279 g/mol. The first-order valence-corrected chi connectivity index (χ1v) is 4.83. The molecule has 0 atom stereocenters. The van der Waals surface area contributed by atoms with Crippen LogP contribution in [0.15, 0.2) is 10.5 Å². The van der Waals surface area contributed by atoms with E-state index >= 15 is 0 Å². The van der Waals surface area contributed by atoms with Gasteiger partial charge < -0.3 is 15.3 Å². The molecule has 1 aromatic rings. The third-order valence-electron chi connectivity index (χ3n) is 1.86. The lowest BCUT2D eigenvalue weighted by Crippen LogP contribution is -1.99. The van der Waals surface area contributed by atoms with Gasteiger partial charge in [0.1, 0.15) is 5.82 Å². The molecule has 15 heavy (non-hydrogen) atoms. The number of hydrogen-bond donors (Lipinski definition) is 3. The van der Waals surface area contributed by atoms with Gasteiger partial charge in [-0.25, -0.2) is 4.39 Å². The van der Waals surface area contributed by atoms with Crippen molar-refractivity contribution in [1.29, 1.82) is 0 Å². The van der Waals surface area contributed by atoms with Gasteiger partial charge in [0.05, 0.1) is 4.47 Å². The maximum Gasteiger partial charge on any atom is 0.303 e. The van der Waals surface area contributed by atoms with Crippen LogP contribution in [-0.4, -0.2) is 21.3 Å². The van der Waals surface area contributed by atoms with Crippen LogP contribution in [0.2, 0.25) is 0 Å². The van der Waals surface area contributed by atoms with Gasteiger partial charge >= 0.3 is 5.97 Å². The van der Waals surface area contributed by atoms with Gasteiger partial charge in [-0.15, -0.1) is 0 Å². The summed E-state index contributed by atoms with van der Waals surface area (Å²) in [6.07, 6.45) is -0.317. The molecular formula is C9H8BrFO4. The minimum atomic E-state index is -1.06. The highest BCUT2D eigenvalue weighted by Gasteiger charge is 2.16. The monoisotopic (exact) mass is 278 g/mol. The average Bonchev–Trinajstić information content (AvgIpc) is 2.14. The van der Waals surface area contributed by atoms with Gasteiger partial charge in [-0.1, -0.05) is 0 Å². The van der Waals surface area contributed by atoms with Crippen LogP contribution in [-0.2, 0) is 11.2 Å². The van der Waals surface area contributed by atoms with E-state index in [0.717, 1.165) is 6.07 Å². The Bertz CT molecular complexity index is 379. The van der Waals surface area contributed by atoms with Crippen LogP contribution in [0.4, 0.5) is 4.39 Å². The van der Waals surface area contributed by atoms with E-state index in [9.17, 15) is 14.3 Å². The van der Waals surface area contributed by atoms with Gasteiger partial charge in [0.2, 0.25) is 0 Å². The lowest BCUT2D eigenvalue weighted by Gasteiger charge is -2.08. The fraction of sp³-hybridized carbons (Fsp3) is 0.222. The van der Waals surface area contributed by atoms with Crippen molar-refractivity contribution >= 4 is 21.9 Å². The van der Waals surface area contributed by atoms with E-state index in [1.165, 1.54) is 0 Å². The fourth-order valence-corrected chi connectivity index (χ4v) is 1.62. The molecule has 0 aromatic heterocycles. The Hall–Kier alpha value is -1.30. The van der Waals surface area contributed by atoms with Crippen molar-refractivity contribution in [3.05, 3.63) is 21.9 Å². The molecule has 0 spiro atoms. The van der Waals surface area contributed by atoms with Crippen LogP contribution in [0.25, 0.3) is 0 Å². The molecule has 3 N–H and O–H groups in total. The van der Waals surface area contributed by atoms with E-state index in [1.54, 1.807) is 0 Å². The van der Waals surface area contributed by atoms with Crippen LogP contribution in [0, 0.1) is 5.82 Å². The topological polar surface area (TPSA) is 77.8 Å². The summed E-state index contributed by atoms with van der Waals surface area (Å²) >= 11 is 2.88. The van der Waals surface area contributed by atoms with E-state index in [1.807, 2.05) is 0 Å². The number of carbonyl (C=O) groups is 1. The lowest BCUT2D eigenvalue weighted by atomic mass is 10.1. The molecule has 0 unspecified atom stereocenters. The largest absolute Gasteiger partial charge is 0.504 e. The predicted molar refractivity (Wildman–Crippen MR) is 53.4 cm³/mol. The second-order valence-corrected chi connectivity index (χ2v) is 3.71. The van der Waals surface area contributed by atoms with E-state index in [4.69, 9.17) is 10.2 Å². The molecule has 0 aliphatic carbocycles. The Labute approximate surface area is 93.1 Å². The third kappa shape index (κ3) is 2.59. The molecule has 0 radical (unpaired) electrons. The molecular weight excluding hydrogens is 271 g/mol. The number of carboxylic acid groups (broad SMARTS) is 1. The van der Waals surface area contributed by atoms with Crippen molar-refractivity contribution in [2.75, 3.05) is 0 Å². The number of benzene rings is 1. The van der Waals surface area contributed by atoms with Crippen molar-refractivity contribution in [2.45, 2.75) is 12.8 Å². The summed E-state index contributed by atoms with van der Waals surface area (Å²) < 4.78 is 13.1. The highest BCUT2D eigenvalue weighted by Crippen LogP contribution is 2.37. The highest BCUT2D eigenvalue weighted by atomic mass is 79.9. The van der Waals surface area contributed by atoms with Crippen LogP contribution in [0.3, 0.4) is 0 Å². The lowest BCUT2D eigenvalue weighted by molar-refractivity contribution is -0.136. The van der Waals surface area contributed by atoms with Crippen molar-refractivity contribution in [1.82, 2.24) is 0 Å². The predicted octanol–water partition coefficient (Wildman–Crippen LogP) is 2.02. The zero-order valence-corrected chi connectivity index (χ0v) is 9.08. The first kappa shape index (κ1) is 11.8. The minimum absolute atomic E-state index is 0.0287. The normalized spacial score (nSPS) is 10.3. The molecule has 1 rings (SSSR count). The van der Waals surface area contributed by atoms with E-state index < -0.39 is 23.3 Å². The van der Waals surface area contributed by atoms with Gasteiger partial charge in [0.25, 0.3) is 0 Å². The Balaban J connectivity index is 3.09. The molecule has 82 valence electrons. The van der Waals surface area contributed by atoms with Gasteiger partial charge in [-0.05, 0) is 22.4 Å². The van der Waals surface area contributed by atoms with E-state index in [2.05, 4.69) is 15.9 Å². The highest BCUT2D eigenvalue weighted by molar-refractivity contribution is 9.10. The van der Waals surface area contributed by atoms with Crippen LogP contribution in [0.5, 0.6) is 11.5 Å². The van der Waals surface area contributed by atoms with Gasteiger partial charge in [-0.2, -0.15) is 0 Å². The zero-order chi connectivity index (χ0) is 11.6. The molecule has 0 fully saturated rings. The zero-order valence-electron chi connectivity index (χ0n) is 7.50. The quantitative estimate of drug-likeness (QED) is 0.740. The number of hydrogen-bond acceptors (Lipinski definition) is 3. The maximum absolute atomic E-state index is 13.1. The molecule has 0 aliphatic heterocycles. The van der Waals surface area contributed by atoms with Crippen LogP contribution >= 0.6 is 15.9 Å². The summed E-state index contributed by atoms with van der Waals surface area (Å²) in [4.78, 5) is 10.3. The number of phenolic OH excluding ortho intramolecular Hbond substituents is 2. The van der Waals surface area contributed by atoms with Crippen molar-refractivity contribution in [2.24, 2.45) is 0 Å². The number of aromatic hydroxyl groups is 2. The van der Waals surface area contributed by atoms with Crippen molar-refractivity contribution in [3.8, 4) is 11.5 Å². The molecule has 6 heteroatoms. The number of aliphatic carboxylic acids is 1. The third-order valence-corrected chi connectivity index (χ3v) is 2.71. The molecule has 0 bridgehead atoms. The molecule has 0 saturated carbocycles. The number of phenols is 2. The Morgan fingerprint density at radius 2 is 2.07 bits per heavy atom. The van der Waals surface area contributed by atoms with Gasteiger partial charge in [0, 0.05) is 18.1 Å². The standard InChI is InChI=1S/C9H8BrFO4/c10-8-4(1-2-7(13)14)9(15)6(12)3-5(8)11/h3,12,15H,1-2H2,(H,13,14). The Morgan fingerprint density at radius 3 is 2.60 bits per heavy atom. The van der Waals surface area contributed by atoms with Crippen molar-refractivity contribution in [3.63, 3.8) is 0 Å². The minimum Gasteiger partial charge on any atom is -0.504 e. The molecule has 0 amide bonds. The van der Waals surface area contributed by atoms with Gasteiger partial charge in [0.15, 0.2) is 11.5 Å². The molecule has 0 aliphatic rings. The first-order valence-electron chi connectivity index (χ1n) is 4.04. The van der Waals surface area contributed by atoms with Crippen LogP contribution < -0.4 is 0 Å². The van der Waals surface area contributed by atoms with Crippen molar-refractivity contribution < 1.29 is 24.5 Å². The Morgan fingerprint density at radius 1 is 1.47 bits per heavy atom. The van der Waals surface area contributed by atoms with E-state index in [-0.39, 0.29) is 22.9 Å². The van der Waals surface area contributed by atoms with E-state index in [0.29, 0.717) is 0 Å². The number of rotatable bonds is 3.